The van der Waals surface area contributed by atoms with Crippen molar-refractivity contribution in [1.29, 1.82) is 0 Å². The van der Waals surface area contributed by atoms with Crippen LogP contribution in [0.1, 0.15) is 12.5 Å². The highest BCUT2D eigenvalue weighted by Gasteiger charge is 2.04. The summed E-state index contributed by atoms with van der Waals surface area (Å²) in [6, 6.07) is 5.90. The van der Waals surface area contributed by atoms with E-state index in [4.69, 9.17) is 9.47 Å². The molecule has 0 heterocycles. The minimum Gasteiger partial charge on any atom is -0.496 e. The highest BCUT2D eigenvalue weighted by atomic mass is 127. The predicted molar refractivity (Wildman–Crippen MR) is 101 cm³/mol. The van der Waals surface area contributed by atoms with Crippen molar-refractivity contribution in [2.24, 2.45) is 4.99 Å². The molecular formula is C14H23BrIN3O2. The number of guanidine groups is 1. The smallest absolute Gasteiger partial charge is 0.191 e. The monoisotopic (exact) mass is 471 g/mol. The van der Waals surface area contributed by atoms with E-state index in [0.29, 0.717) is 13.2 Å². The number of nitrogens with one attached hydrogen (secondary N) is 2. The molecule has 2 N–H and O–H groups in total. The second-order valence-corrected chi connectivity index (χ2v) is 4.99. The second-order valence-electron chi connectivity index (χ2n) is 4.07. The van der Waals surface area contributed by atoms with Crippen LogP contribution in [0, 0.1) is 0 Å². The van der Waals surface area contributed by atoms with Crippen molar-refractivity contribution in [3.05, 3.63) is 28.2 Å². The molecule has 0 aliphatic rings. The van der Waals surface area contributed by atoms with Crippen LogP contribution in [-0.4, -0.2) is 39.9 Å². The zero-order valence-electron chi connectivity index (χ0n) is 12.6. The van der Waals surface area contributed by atoms with Gasteiger partial charge in [0, 0.05) is 30.2 Å². The first kappa shape index (κ1) is 20.5. The lowest BCUT2D eigenvalue weighted by atomic mass is 10.2. The maximum Gasteiger partial charge on any atom is 0.191 e. The fourth-order valence-corrected chi connectivity index (χ4v) is 2.06. The SMILES string of the molecule is CCNC(=NCc1cc(Br)ccc1OC)NCCOC.I. The van der Waals surface area contributed by atoms with Crippen LogP contribution >= 0.6 is 39.9 Å². The standard InChI is InChI=1S/C14H22BrN3O2.HI/c1-4-16-14(17-7-8-19-2)18-10-11-9-12(15)5-6-13(11)20-3;/h5-6,9H,4,7-8,10H2,1-3H3,(H2,16,17,18);1H. The third kappa shape index (κ3) is 7.87. The Balaban J connectivity index is 0.00000400. The van der Waals surface area contributed by atoms with Crippen molar-refractivity contribution in [3.63, 3.8) is 0 Å². The molecule has 7 heteroatoms. The van der Waals surface area contributed by atoms with Gasteiger partial charge in [0.2, 0.25) is 0 Å². The maximum atomic E-state index is 5.34. The summed E-state index contributed by atoms with van der Waals surface area (Å²) in [5, 5.41) is 6.40. The molecule has 5 nitrogen and oxygen atoms in total. The Morgan fingerprint density at radius 3 is 2.67 bits per heavy atom. The van der Waals surface area contributed by atoms with Crippen LogP contribution in [-0.2, 0) is 11.3 Å². The second kappa shape index (κ2) is 12.0. The van der Waals surface area contributed by atoms with Crippen molar-refractivity contribution < 1.29 is 9.47 Å². The molecule has 1 rings (SSSR count). The van der Waals surface area contributed by atoms with E-state index in [1.54, 1.807) is 14.2 Å². The van der Waals surface area contributed by atoms with Gasteiger partial charge < -0.3 is 20.1 Å². The number of ether oxygens (including phenoxy) is 2. The fraction of sp³-hybridized carbons (Fsp3) is 0.500. The van der Waals surface area contributed by atoms with Gasteiger partial charge in [-0.25, -0.2) is 4.99 Å². The third-order valence-electron chi connectivity index (χ3n) is 2.59. The molecule has 1 aromatic carbocycles. The molecule has 0 unspecified atom stereocenters. The summed E-state index contributed by atoms with van der Waals surface area (Å²) in [5.74, 6) is 1.61. The van der Waals surface area contributed by atoms with E-state index in [9.17, 15) is 0 Å². The lowest BCUT2D eigenvalue weighted by Crippen LogP contribution is -2.38. The van der Waals surface area contributed by atoms with Crippen molar-refractivity contribution in [2.75, 3.05) is 33.9 Å². The summed E-state index contributed by atoms with van der Waals surface area (Å²) < 4.78 is 11.4. The number of rotatable bonds is 7. The molecule has 0 spiro atoms. The number of hydrogen-bond donors (Lipinski definition) is 2. The number of aliphatic imine (C=N–C) groups is 1. The Morgan fingerprint density at radius 2 is 2.05 bits per heavy atom. The van der Waals surface area contributed by atoms with Crippen LogP contribution in [0.4, 0.5) is 0 Å². The summed E-state index contributed by atoms with van der Waals surface area (Å²) >= 11 is 3.46. The fourth-order valence-electron chi connectivity index (χ4n) is 1.65. The number of benzene rings is 1. The summed E-state index contributed by atoms with van der Waals surface area (Å²) in [4.78, 5) is 4.54. The van der Waals surface area contributed by atoms with Crippen LogP contribution in [0.5, 0.6) is 5.75 Å². The quantitative estimate of drug-likeness (QED) is 0.278. The molecule has 0 saturated carbocycles. The molecule has 0 amide bonds. The van der Waals surface area contributed by atoms with Gasteiger partial charge in [-0.3, -0.25) is 0 Å². The molecule has 0 saturated heterocycles. The molecule has 0 radical (unpaired) electrons. The number of hydrogen-bond acceptors (Lipinski definition) is 3. The summed E-state index contributed by atoms with van der Waals surface area (Å²) in [7, 11) is 3.34. The van der Waals surface area contributed by atoms with Crippen LogP contribution in [0.3, 0.4) is 0 Å². The van der Waals surface area contributed by atoms with E-state index in [1.165, 1.54) is 0 Å². The molecule has 0 atom stereocenters. The Kier molecular flexibility index (Phi) is 11.7. The summed E-state index contributed by atoms with van der Waals surface area (Å²) in [5.41, 5.74) is 1.03. The number of halogens is 2. The Hall–Kier alpha value is -0.540. The average molecular weight is 472 g/mol. The lowest BCUT2D eigenvalue weighted by molar-refractivity contribution is 0.203. The van der Waals surface area contributed by atoms with E-state index in [2.05, 4.69) is 31.6 Å². The molecular weight excluding hydrogens is 449 g/mol. The van der Waals surface area contributed by atoms with Gasteiger partial charge in [0.05, 0.1) is 20.3 Å². The minimum atomic E-state index is 0. The predicted octanol–water partition coefficient (Wildman–Crippen LogP) is 2.78. The normalized spacial score (nSPS) is 10.8. The van der Waals surface area contributed by atoms with Gasteiger partial charge in [0.25, 0.3) is 0 Å². The van der Waals surface area contributed by atoms with Crippen LogP contribution < -0.4 is 15.4 Å². The van der Waals surface area contributed by atoms with Crippen LogP contribution in [0.2, 0.25) is 0 Å². The molecule has 0 fully saturated rings. The summed E-state index contributed by atoms with van der Waals surface area (Å²) in [6.45, 7) is 4.76. The Labute approximate surface area is 152 Å². The van der Waals surface area contributed by atoms with Crippen molar-refractivity contribution in [1.82, 2.24) is 10.6 Å². The first-order valence-corrected chi connectivity index (χ1v) is 7.34. The average Bonchev–Trinajstić information content (AvgIpc) is 2.45. The van der Waals surface area contributed by atoms with E-state index >= 15 is 0 Å². The van der Waals surface area contributed by atoms with Crippen molar-refractivity contribution in [2.45, 2.75) is 13.5 Å². The van der Waals surface area contributed by atoms with Gasteiger partial charge in [0.1, 0.15) is 5.75 Å². The first-order chi connectivity index (χ1) is 9.71. The lowest BCUT2D eigenvalue weighted by Gasteiger charge is -2.12. The molecule has 1 aromatic rings. The zero-order valence-corrected chi connectivity index (χ0v) is 16.5. The highest BCUT2D eigenvalue weighted by Crippen LogP contribution is 2.23. The maximum absolute atomic E-state index is 5.34. The molecule has 120 valence electrons. The van der Waals surface area contributed by atoms with Gasteiger partial charge in [0.15, 0.2) is 5.96 Å². The minimum absolute atomic E-state index is 0. The van der Waals surface area contributed by atoms with Gasteiger partial charge in [-0.15, -0.1) is 24.0 Å². The van der Waals surface area contributed by atoms with Gasteiger partial charge in [-0.1, -0.05) is 15.9 Å². The summed E-state index contributed by atoms with van der Waals surface area (Å²) in [6.07, 6.45) is 0. The first-order valence-electron chi connectivity index (χ1n) is 6.54. The molecule has 0 aromatic heterocycles. The van der Waals surface area contributed by atoms with Crippen LogP contribution in [0.25, 0.3) is 0 Å². The van der Waals surface area contributed by atoms with E-state index in [0.717, 1.165) is 34.8 Å². The third-order valence-corrected chi connectivity index (χ3v) is 3.09. The number of nitrogens with zero attached hydrogens (tertiary/aromatic N) is 1. The molecule has 0 aliphatic carbocycles. The Morgan fingerprint density at radius 1 is 1.29 bits per heavy atom. The topological polar surface area (TPSA) is 54.9 Å². The van der Waals surface area contributed by atoms with Gasteiger partial charge in [-0.05, 0) is 25.1 Å². The number of methoxy groups -OCH3 is 2. The molecule has 21 heavy (non-hydrogen) atoms. The Bertz CT molecular complexity index is 444. The van der Waals surface area contributed by atoms with Crippen molar-refractivity contribution in [3.8, 4) is 5.75 Å². The van der Waals surface area contributed by atoms with Crippen LogP contribution in [0.15, 0.2) is 27.7 Å². The zero-order chi connectivity index (χ0) is 14.8. The van der Waals surface area contributed by atoms with Gasteiger partial charge in [-0.2, -0.15) is 0 Å². The van der Waals surface area contributed by atoms with Crippen molar-refractivity contribution >= 4 is 45.9 Å². The molecule has 0 bridgehead atoms. The largest absolute Gasteiger partial charge is 0.496 e. The molecule has 0 aliphatic heterocycles. The van der Waals surface area contributed by atoms with E-state index in [-0.39, 0.29) is 24.0 Å². The van der Waals surface area contributed by atoms with E-state index in [1.807, 2.05) is 25.1 Å². The van der Waals surface area contributed by atoms with E-state index < -0.39 is 0 Å². The van der Waals surface area contributed by atoms with Gasteiger partial charge >= 0.3 is 0 Å². The highest BCUT2D eigenvalue weighted by molar-refractivity contribution is 14.0.